The van der Waals surface area contributed by atoms with Crippen molar-refractivity contribution in [1.82, 2.24) is 10.2 Å². The van der Waals surface area contributed by atoms with Gasteiger partial charge in [0.1, 0.15) is 0 Å². The molecule has 2 aliphatic rings. The van der Waals surface area contributed by atoms with Gasteiger partial charge in [0.15, 0.2) is 0 Å². The Hall–Kier alpha value is -0.810. The average molecular weight is 332 g/mol. The number of amides is 2. The second-order valence-corrected chi connectivity index (χ2v) is 6.72. The maximum atomic E-state index is 12.2. The summed E-state index contributed by atoms with van der Waals surface area (Å²) in [4.78, 5) is 26.0. The summed E-state index contributed by atoms with van der Waals surface area (Å²) in [5.74, 6) is 0.969. The Morgan fingerprint density at radius 2 is 1.86 bits per heavy atom. The monoisotopic (exact) mass is 331 g/mol. The lowest BCUT2D eigenvalue weighted by Gasteiger charge is -2.23. The van der Waals surface area contributed by atoms with Crippen molar-refractivity contribution in [2.45, 2.75) is 57.9 Å². The van der Waals surface area contributed by atoms with E-state index < -0.39 is 0 Å². The topological polar surface area (TPSA) is 75.4 Å². The van der Waals surface area contributed by atoms with Crippen molar-refractivity contribution < 1.29 is 9.59 Å². The molecule has 2 fully saturated rings. The maximum absolute atomic E-state index is 12.2. The van der Waals surface area contributed by atoms with Crippen LogP contribution >= 0.6 is 12.4 Å². The largest absolute Gasteiger partial charge is 0.347 e. The van der Waals surface area contributed by atoms with Crippen LogP contribution in [0.15, 0.2) is 0 Å². The molecule has 2 amide bonds. The number of rotatable bonds is 5. The molecule has 0 aromatic heterocycles. The van der Waals surface area contributed by atoms with Gasteiger partial charge in [-0.25, -0.2) is 0 Å². The molecule has 6 heteroatoms. The van der Waals surface area contributed by atoms with Crippen LogP contribution < -0.4 is 11.1 Å². The molecular weight excluding hydrogens is 302 g/mol. The summed E-state index contributed by atoms with van der Waals surface area (Å²) in [5.41, 5.74) is 5.68. The van der Waals surface area contributed by atoms with Gasteiger partial charge in [-0.3, -0.25) is 9.59 Å². The highest BCUT2D eigenvalue weighted by Crippen LogP contribution is 2.26. The maximum Gasteiger partial charge on any atom is 0.242 e. The molecule has 1 heterocycles. The summed E-state index contributed by atoms with van der Waals surface area (Å²) in [6.45, 7) is 3.54. The zero-order valence-corrected chi connectivity index (χ0v) is 14.4. The number of carbonyl (C=O) groups is 2. The number of hydrogen-bond donors (Lipinski definition) is 2. The zero-order chi connectivity index (χ0) is 15.2. The molecule has 3 N–H and O–H groups in total. The van der Waals surface area contributed by atoms with Crippen LogP contribution in [-0.2, 0) is 9.59 Å². The molecule has 1 aliphatic heterocycles. The van der Waals surface area contributed by atoms with Crippen LogP contribution in [0.3, 0.4) is 0 Å². The lowest BCUT2D eigenvalue weighted by molar-refractivity contribution is -0.133. The molecule has 1 saturated carbocycles. The quantitative estimate of drug-likeness (QED) is 0.805. The Kier molecular flexibility index (Phi) is 8.18. The van der Waals surface area contributed by atoms with Crippen LogP contribution in [-0.4, -0.2) is 42.4 Å². The van der Waals surface area contributed by atoms with Gasteiger partial charge in [-0.2, -0.15) is 0 Å². The highest BCUT2D eigenvalue weighted by Gasteiger charge is 2.31. The molecule has 128 valence electrons. The fraction of sp³-hybridized carbons (Fsp3) is 0.875. The van der Waals surface area contributed by atoms with Gasteiger partial charge in [0.2, 0.25) is 11.8 Å². The normalized spacial score (nSPS) is 25.6. The Morgan fingerprint density at radius 1 is 1.18 bits per heavy atom. The van der Waals surface area contributed by atoms with Crippen LogP contribution in [0, 0.1) is 11.8 Å². The van der Waals surface area contributed by atoms with Crippen molar-refractivity contribution in [3.8, 4) is 0 Å². The van der Waals surface area contributed by atoms with Crippen LogP contribution in [0.2, 0.25) is 0 Å². The van der Waals surface area contributed by atoms with E-state index in [-0.39, 0.29) is 36.8 Å². The first kappa shape index (κ1) is 19.2. The minimum Gasteiger partial charge on any atom is -0.347 e. The summed E-state index contributed by atoms with van der Waals surface area (Å²) in [6.07, 6.45) is 7.63. The van der Waals surface area contributed by atoms with Crippen LogP contribution in [0.4, 0.5) is 0 Å². The summed E-state index contributed by atoms with van der Waals surface area (Å²) in [6, 6.07) is 0.237. The predicted octanol–water partition coefficient (Wildman–Crippen LogP) is 1.69. The van der Waals surface area contributed by atoms with E-state index in [1.165, 1.54) is 19.3 Å². The first-order chi connectivity index (χ1) is 10.1. The average Bonchev–Trinajstić information content (AvgIpc) is 2.87. The van der Waals surface area contributed by atoms with Crippen LogP contribution in [0.25, 0.3) is 0 Å². The fourth-order valence-corrected chi connectivity index (χ4v) is 3.66. The highest BCUT2D eigenvalue weighted by atomic mass is 35.5. The first-order valence-electron chi connectivity index (χ1n) is 8.36. The molecule has 5 nitrogen and oxygen atoms in total. The molecule has 0 aromatic rings. The van der Waals surface area contributed by atoms with Gasteiger partial charge in [0.05, 0.1) is 6.54 Å². The lowest BCUT2D eigenvalue weighted by atomic mass is 9.87. The molecule has 2 unspecified atom stereocenters. The summed E-state index contributed by atoms with van der Waals surface area (Å²) in [5, 5.41) is 2.80. The van der Waals surface area contributed by atoms with E-state index in [1.54, 1.807) is 0 Å². The number of hydrogen-bond acceptors (Lipinski definition) is 3. The Labute approximate surface area is 139 Å². The number of nitrogens with zero attached hydrogens (tertiary/aromatic N) is 1. The van der Waals surface area contributed by atoms with Gasteiger partial charge < -0.3 is 16.0 Å². The van der Waals surface area contributed by atoms with Crippen molar-refractivity contribution >= 4 is 24.2 Å². The van der Waals surface area contributed by atoms with Gasteiger partial charge in [-0.15, -0.1) is 12.4 Å². The van der Waals surface area contributed by atoms with E-state index in [1.807, 2.05) is 4.90 Å². The summed E-state index contributed by atoms with van der Waals surface area (Å²) in [7, 11) is 0. The van der Waals surface area contributed by atoms with E-state index in [0.717, 1.165) is 25.8 Å². The summed E-state index contributed by atoms with van der Waals surface area (Å²) < 4.78 is 0. The third-order valence-corrected chi connectivity index (χ3v) is 4.95. The second kappa shape index (κ2) is 9.36. The van der Waals surface area contributed by atoms with Crippen molar-refractivity contribution in [3.05, 3.63) is 0 Å². The van der Waals surface area contributed by atoms with E-state index in [2.05, 4.69) is 12.2 Å². The third-order valence-electron chi connectivity index (χ3n) is 4.95. The molecule has 0 bridgehead atoms. The zero-order valence-electron chi connectivity index (χ0n) is 13.6. The van der Waals surface area contributed by atoms with Gasteiger partial charge in [0, 0.05) is 19.0 Å². The fourth-order valence-electron chi connectivity index (χ4n) is 3.66. The van der Waals surface area contributed by atoms with Gasteiger partial charge in [0.25, 0.3) is 0 Å². The van der Waals surface area contributed by atoms with Gasteiger partial charge >= 0.3 is 0 Å². The molecule has 22 heavy (non-hydrogen) atoms. The van der Waals surface area contributed by atoms with Crippen molar-refractivity contribution in [2.75, 3.05) is 19.6 Å². The highest BCUT2D eigenvalue weighted by molar-refractivity contribution is 5.85. The van der Waals surface area contributed by atoms with E-state index in [4.69, 9.17) is 5.73 Å². The molecule has 2 rings (SSSR count). The van der Waals surface area contributed by atoms with Crippen molar-refractivity contribution in [3.63, 3.8) is 0 Å². The standard InChI is InChI=1S/C16H29N3O2.ClH/c1-12-7-14(9-17)11-19(12)16(21)10-18-15(20)8-13-5-3-2-4-6-13;/h12-14H,2-11,17H2,1H3,(H,18,20);1H. The molecular formula is C16H30ClN3O2. The molecule has 2 atom stereocenters. The minimum absolute atomic E-state index is 0. The van der Waals surface area contributed by atoms with E-state index in [9.17, 15) is 9.59 Å². The molecule has 1 aliphatic carbocycles. The summed E-state index contributed by atoms with van der Waals surface area (Å²) >= 11 is 0. The van der Waals surface area contributed by atoms with Gasteiger partial charge in [-0.05, 0) is 44.6 Å². The lowest BCUT2D eigenvalue weighted by Crippen LogP contribution is -2.42. The number of nitrogens with one attached hydrogen (secondary N) is 1. The SMILES string of the molecule is CC1CC(CN)CN1C(=O)CNC(=O)CC1CCCCC1.Cl. The molecule has 0 aromatic carbocycles. The molecule has 0 radical (unpaired) electrons. The number of nitrogens with two attached hydrogens (primary N) is 1. The smallest absolute Gasteiger partial charge is 0.242 e. The predicted molar refractivity (Wildman–Crippen MR) is 89.8 cm³/mol. The molecule has 1 saturated heterocycles. The number of likely N-dealkylation sites (tertiary alicyclic amines) is 1. The van der Waals surface area contributed by atoms with Crippen LogP contribution in [0.5, 0.6) is 0 Å². The third kappa shape index (κ3) is 5.43. The minimum atomic E-state index is 0. The van der Waals surface area contributed by atoms with Gasteiger partial charge in [-0.1, -0.05) is 19.3 Å². The van der Waals surface area contributed by atoms with E-state index in [0.29, 0.717) is 24.8 Å². The first-order valence-corrected chi connectivity index (χ1v) is 8.36. The number of carbonyl (C=O) groups excluding carboxylic acids is 2. The van der Waals surface area contributed by atoms with E-state index >= 15 is 0 Å². The van der Waals surface area contributed by atoms with Crippen LogP contribution in [0.1, 0.15) is 51.9 Å². The Balaban J connectivity index is 0.00000242. The second-order valence-electron chi connectivity index (χ2n) is 6.72. The molecule has 0 spiro atoms. The Bertz CT molecular complexity index is 372. The Morgan fingerprint density at radius 3 is 2.45 bits per heavy atom. The van der Waals surface area contributed by atoms with Crippen molar-refractivity contribution in [1.29, 1.82) is 0 Å². The number of halogens is 1. The van der Waals surface area contributed by atoms with Crippen molar-refractivity contribution in [2.24, 2.45) is 17.6 Å².